The third kappa shape index (κ3) is 2.10. The fourth-order valence-corrected chi connectivity index (χ4v) is 2.37. The van der Waals surface area contributed by atoms with Gasteiger partial charge in [-0.1, -0.05) is 40.2 Å². The largest absolute Gasteiger partial charge is 0.437 e. The van der Waals surface area contributed by atoms with E-state index in [0.29, 0.717) is 0 Å². The molecule has 2 amide bonds. The molecule has 0 N–H and O–H groups in total. The summed E-state index contributed by atoms with van der Waals surface area (Å²) in [6, 6.07) is 0. The van der Waals surface area contributed by atoms with E-state index >= 15 is 0 Å². The molecule has 2 atom stereocenters. The molecule has 0 aromatic rings. The molecule has 0 saturated carbocycles. The number of halogens is 5. The van der Waals surface area contributed by atoms with Gasteiger partial charge in [0.1, 0.15) is 4.32 Å². The molecule has 0 spiro atoms. The smallest absolute Gasteiger partial charge is 0.271 e. The van der Waals surface area contributed by atoms with E-state index < -0.39 is 34.6 Å². The summed E-state index contributed by atoms with van der Waals surface area (Å²) in [5.74, 6) is -3.43. The van der Waals surface area contributed by atoms with E-state index in [2.05, 4.69) is 20.8 Å². The van der Waals surface area contributed by atoms with Crippen LogP contribution in [-0.4, -0.2) is 33.7 Å². The Morgan fingerprint density at radius 1 is 1.37 bits per heavy atom. The predicted molar refractivity (Wildman–Crippen MR) is 57.3 cm³/mol. The summed E-state index contributed by atoms with van der Waals surface area (Å²) in [4.78, 5) is 27.2. The minimum Gasteiger partial charge on any atom is -0.271 e. The summed E-state index contributed by atoms with van der Waals surface area (Å²) in [5.41, 5.74) is 0. The van der Waals surface area contributed by atoms with Crippen molar-refractivity contribution in [2.24, 2.45) is 5.92 Å². The average molecular weight is 344 g/mol. The van der Waals surface area contributed by atoms with E-state index in [4.69, 9.17) is 0 Å². The number of allylic oxidation sites excluding steroid dienone is 2. The molecule has 1 heterocycles. The van der Waals surface area contributed by atoms with Gasteiger partial charge in [0.15, 0.2) is 0 Å². The Balaban J connectivity index is 2.30. The van der Waals surface area contributed by atoms with Crippen molar-refractivity contribution >= 4 is 27.7 Å². The van der Waals surface area contributed by atoms with Crippen molar-refractivity contribution in [1.82, 2.24) is 5.06 Å². The first-order chi connectivity index (χ1) is 8.70. The Kier molecular flexibility index (Phi) is 3.29. The van der Waals surface area contributed by atoms with Crippen molar-refractivity contribution in [3.8, 4) is 0 Å². The lowest BCUT2D eigenvalue weighted by Gasteiger charge is -2.22. The van der Waals surface area contributed by atoms with Crippen molar-refractivity contribution in [2.45, 2.75) is 16.9 Å². The van der Waals surface area contributed by atoms with Gasteiger partial charge in [0, 0.05) is 0 Å². The van der Waals surface area contributed by atoms with Crippen LogP contribution in [0.2, 0.25) is 0 Å². The number of nitrogens with zero attached hydrogens (tertiary/aromatic N) is 1. The number of hydroxylamine groups is 2. The van der Waals surface area contributed by atoms with Gasteiger partial charge in [0.2, 0.25) is 0 Å². The predicted octanol–water partition coefficient (Wildman–Crippen LogP) is 2.02. The molecule has 9 heteroatoms. The highest BCUT2D eigenvalue weighted by atomic mass is 79.9. The second kappa shape index (κ2) is 4.41. The molecule has 1 saturated heterocycles. The van der Waals surface area contributed by atoms with Crippen LogP contribution in [0.15, 0.2) is 24.3 Å². The van der Waals surface area contributed by atoms with Crippen LogP contribution in [0.4, 0.5) is 17.6 Å². The minimum atomic E-state index is -4.92. The van der Waals surface area contributed by atoms with Gasteiger partial charge in [-0.05, 0) is 0 Å². The number of alkyl halides is 5. The third-order valence-electron chi connectivity index (χ3n) is 2.65. The number of carbonyl (C=O) groups is 2. The van der Waals surface area contributed by atoms with E-state index in [1.807, 2.05) is 0 Å². The van der Waals surface area contributed by atoms with E-state index in [1.54, 1.807) is 0 Å². The molecule has 2 aliphatic rings. The zero-order valence-electron chi connectivity index (χ0n) is 9.03. The van der Waals surface area contributed by atoms with Crippen LogP contribution in [0.1, 0.15) is 0 Å². The van der Waals surface area contributed by atoms with Crippen LogP contribution in [0, 0.1) is 5.92 Å². The first-order valence-corrected chi connectivity index (χ1v) is 5.78. The molecule has 1 fully saturated rings. The first kappa shape index (κ1) is 14.2. The molecule has 1 aliphatic carbocycles. The van der Waals surface area contributed by atoms with Crippen molar-refractivity contribution in [3.63, 3.8) is 0 Å². The van der Waals surface area contributed by atoms with Gasteiger partial charge in [-0.2, -0.15) is 13.6 Å². The highest BCUT2D eigenvalue weighted by molar-refractivity contribution is 9.10. The quantitative estimate of drug-likeness (QED) is 0.447. The number of carbonyl (C=O) groups excluding carboxylic acids is 2. The lowest BCUT2D eigenvalue weighted by Crippen LogP contribution is -2.43. The van der Waals surface area contributed by atoms with Gasteiger partial charge in [-0.3, -0.25) is 9.59 Å². The number of imide groups is 1. The van der Waals surface area contributed by atoms with Gasteiger partial charge in [-0.15, -0.1) is 5.06 Å². The third-order valence-corrected chi connectivity index (χ3v) is 3.75. The molecule has 0 radical (unpaired) electrons. The van der Waals surface area contributed by atoms with E-state index in [-0.39, 0.29) is 5.06 Å². The highest BCUT2D eigenvalue weighted by Crippen LogP contribution is 2.43. The summed E-state index contributed by atoms with van der Waals surface area (Å²) in [6.07, 6.45) is -3.67. The van der Waals surface area contributed by atoms with E-state index in [1.165, 1.54) is 24.3 Å². The maximum atomic E-state index is 12.8. The Morgan fingerprint density at radius 2 is 2.00 bits per heavy atom. The van der Waals surface area contributed by atoms with Crippen LogP contribution in [-0.2, 0) is 14.4 Å². The van der Waals surface area contributed by atoms with Gasteiger partial charge < -0.3 is 0 Å². The van der Waals surface area contributed by atoms with Crippen molar-refractivity contribution in [1.29, 1.82) is 0 Å². The lowest BCUT2D eigenvalue weighted by atomic mass is 9.91. The monoisotopic (exact) mass is 343 g/mol. The maximum absolute atomic E-state index is 12.8. The zero-order valence-corrected chi connectivity index (χ0v) is 10.6. The number of hydrogen-bond donors (Lipinski definition) is 0. The Bertz CT molecular complexity index is 493. The number of hydrogen-bond acceptors (Lipinski definition) is 3. The summed E-state index contributed by atoms with van der Waals surface area (Å²) >= 11 is 2.95. The van der Waals surface area contributed by atoms with E-state index in [0.717, 1.165) is 0 Å². The Morgan fingerprint density at radius 3 is 2.53 bits per heavy atom. The average Bonchev–Trinajstić information content (AvgIpc) is 2.51. The van der Waals surface area contributed by atoms with Crippen molar-refractivity contribution in [2.75, 3.05) is 0 Å². The molecule has 19 heavy (non-hydrogen) atoms. The molecule has 2 rings (SSSR count). The summed E-state index contributed by atoms with van der Waals surface area (Å²) in [6.45, 7) is 0. The summed E-state index contributed by atoms with van der Waals surface area (Å²) < 4.78 is 48.0. The van der Waals surface area contributed by atoms with Gasteiger partial charge in [0.25, 0.3) is 11.8 Å². The first-order valence-electron chi connectivity index (χ1n) is 4.98. The highest BCUT2D eigenvalue weighted by Gasteiger charge is 2.60. The number of fused-ring (bicyclic) bond motifs is 1. The second-order valence-electron chi connectivity index (χ2n) is 3.88. The normalized spacial score (nSPS) is 30.4. The van der Waals surface area contributed by atoms with Crippen LogP contribution in [0.25, 0.3) is 0 Å². The molecular formula is C10H6BrF4NO3. The van der Waals surface area contributed by atoms with Crippen LogP contribution >= 0.6 is 15.9 Å². The molecule has 4 nitrogen and oxygen atoms in total. The zero-order chi connectivity index (χ0) is 14.4. The standard InChI is InChI=1S/C10H6BrF4NO3/c11-9-4-2-1-3-5(9)6(17)16(8(9)18)19-10(14,15)7(12)13/h1-5,7H. The molecule has 104 valence electrons. The molecule has 2 unspecified atom stereocenters. The van der Waals surface area contributed by atoms with Crippen molar-refractivity contribution in [3.05, 3.63) is 24.3 Å². The Labute approximate surface area is 112 Å². The topological polar surface area (TPSA) is 46.6 Å². The fourth-order valence-electron chi connectivity index (χ4n) is 1.71. The van der Waals surface area contributed by atoms with Crippen LogP contribution in [0.5, 0.6) is 0 Å². The van der Waals surface area contributed by atoms with Gasteiger partial charge in [-0.25, -0.2) is 8.78 Å². The van der Waals surface area contributed by atoms with Crippen LogP contribution in [0.3, 0.4) is 0 Å². The SMILES string of the molecule is O=C1C2C=CC=CC2(Br)C(=O)N1OC(F)(F)C(F)F. The van der Waals surface area contributed by atoms with Crippen molar-refractivity contribution < 1.29 is 32.0 Å². The molecule has 0 aromatic carbocycles. The fraction of sp³-hybridized carbons (Fsp3) is 0.400. The van der Waals surface area contributed by atoms with Gasteiger partial charge in [0.05, 0.1) is 5.92 Å². The number of amides is 2. The van der Waals surface area contributed by atoms with Gasteiger partial charge >= 0.3 is 12.5 Å². The molecule has 1 aliphatic heterocycles. The second-order valence-corrected chi connectivity index (χ2v) is 5.19. The van der Waals surface area contributed by atoms with E-state index in [9.17, 15) is 27.2 Å². The lowest BCUT2D eigenvalue weighted by molar-refractivity contribution is -0.367. The molecule has 0 bridgehead atoms. The molecular weight excluding hydrogens is 338 g/mol. The number of rotatable bonds is 3. The summed E-state index contributed by atoms with van der Waals surface area (Å²) in [5, 5.41) is -0.314. The Hall–Kier alpha value is -1.22. The maximum Gasteiger partial charge on any atom is 0.437 e. The molecule has 0 aromatic heterocycles. The minimum absolute atomic E-state index is 0.314. The van der Waals surface area contributed by atoms with Crippen LogP contribution < -0.4 is 0 Å². The summed E-state index contributed by atoms with van der Waals surface area (Å²) in [7, 11) is 0.